The highest BCUT2D eigenvalue weighted by molar-refractivity contribution is 5.99. The van der Waals surface area contributed by atoms with E-state index in [-0.39, 0.29) is 17.9 Å². The topological polar surface area (TPSA) is 62.6 Å². The molecule has 1 saturated heterocycles. The monoisotopic (exact) mass is 278 g/mol. The first kappa shape index (κ1) is 14.6. The van der Waals surface area contributed by atoms with Crippen LogP contribution in [0.25, 0.3) is 0 Å². The van der Waals surface area contributed by atoms with Gasteiger partial charge in [0.05, 0.1) is 6.04 Å². The number of hydrogen-bond donors (Lipinski definition) is 1. The molecule has 0 aliphatic carbocycles. The number of piperazine rings is 1. The Bertz CT molecular complexity index is 537. The minimum atomic E-state index is -0.834. The van der Waals surface area contributed by atoms with Gasteiger partial charge in [-0.3, -0.25) is 9.59 Å². The Balaban J connectivity index is 2.36. The maximum absolute atomic E-state index is 12.7. The summed E-state index contributed by atoms with van der Waals surface area (Å²) in [5.74, 6) is 1.32. The smallest absolute Gasteiger partial charge is 0.249 e. The Morgan fingerprint density at radius 2 is 2.10 bits per heavy atom. The molecule has 0 saturated carbocycles. The second-order valence-electron chi connectivity index (χ2n) is 5.69. The quantitative estimate of drug-likeness (QED) is 0.921. The maximum atomic E-state index is 12.7. The van der Waals surface area contributed by atoms with Gasteiger partial charge in [0.2, 0.25) is 11.8 Å². The standard InChI is InChI=1S/C15H22N2O3/c1-6-15(5)14(19)17(11(4)13(18)16-15)10(3)12-8-7-9(2)20-12/h7-8,10-11H,6H2,1-5H3,(H,16,18). The number of aryl methyl sites for hydroxylation is 1. The molecule has 1 aliphatic rings. The highest BCUT2D eigenvalue weighted by Crippen LogP contribution is 2.30. The molecule has 5 nitrogen and oxygen atoms in total. The minimum Gasteiger partial charge on any atom is -0.464 e. The van der Waals surface area contributed by atoms with Crippen LogP contribution < -0.4 is 5.32 Å². The van der Waals surface area contributed by atoms with Gasteiger partial charge in [0.15, 0.2) is 0 Å². The molecule has 1 aromatic heterocycles. The molecular formula is C15H22N2O3. The molecule has 1 N–H and O–H groups in total. The van der Waals surface area contributed by atoms with Gasteiger partial charge in [0, 0.05) is 0 Å². The predicted octanol–water partition coefficient (Wildman–Crippen LogP) is 2.16. The van der Waals surface area contributed by atoms with Crippen LogP contribution in [0.3, 0.4) is 0 Å². The Kier molecular flexibility index (Phi) is 3.63. The molecule has 0 radical (unpaired) electrons. The van der Waals surface area contributed by atoms with Crippen LogP contribution in [0.2, 0.25) is 0 Å². The van der Waals surface area contributed by atoms with E-state index in [0.29, 0.717) is 12.2 Å². The lowest BCUT2D eigenvalue weighted by Gasteiger charge is -2.45. The molecule has 0 bridgehead atoms. The number of amides is 2. The summed E-state index contributed by atoms with van der Waals surface area (Å²) in [5.41, 5.74) is -0.834. The van der Waals surface area contributed by atoms with Crippen molar-refractivity contribution in [2.75, 3.05) is 0 Å². The molecule has 3 unspecified atom stereocenters. The van der Waals surface area contributed by atoms with Crippen molar-refractivity contribution in [3.05, 3.63) is 23.7 Å². The van der Waals surface area contributed by atoms with Crippen LogP contribution in [-0.2, 0) is 9.59 Å². The third-order valence-electron chi connectivity index (χ3n) is 4.20. The number of nitrogens with one attached hydrogen (secondary N) is 1. The summed E-state index contributed by atoms with van der Waals surface area (Å²) in [4.78, 5) is 26.5. The van der Waals surface area contributed by atoms with Crippen LogP contribution in [0.1, 0.15) is 51.7 Å². The highest BCUT2D eigenvalue weighted by Gasteiger charge is 2.47. The number of rotatable bonds is 3. The largest absolute Gasteiger partial charge is 0.464 e. The van der Waals surface area contributed by atoms with Gasteiger partial charge in [-0.25, -0.2) is 0 Å². The summed E-state index contributed by atoms with van der Waals surface area (Å²) in [6, 6.07) is 2.96. The van der Waals surface area contributed by atoms with Crippen molar-refractivity contribution in [3.63, 3.8) is 0 Å². The number of carbonyl (C=O) groups is 2. The third-order valence-corrected chi connectivity index (χ3v) is 4.20. The number of hydrogen-bond acceptors (Lipinski definition) is 3. The zero-order valence-electron chi connectivity index (χ0n) is 12.7. The highest BCUT2D eigenvalue weighted by atomic mass is 16.3. The minimum absolute atomic E-state index is 0.0614. The zero-order chi connectivity index (χ0) is 15.1. The van der Waals surface area contributed by atoms with E-state index >= 15 is 0 Å². The molecule has 5 heteroatoms. The van der Waals surface area contributed by atoms with Crippen molar-refractivity contribution in [2.45, 2.75) is 58.7 Å². The molecule has 3 atom stereocenters. The van der Waals surface area contributed by atoms with Crippen molar-refractivity contribution < 1.29 is 14.0 Å². The van der Waals surface area contributed by atoms with Crippen LogP contribution in [0.5, 0.6) is 0 Å². The van der Waals surface area contributed by atoms with E-state index in [9.17, 15) is 9.59 Å². The van der Waals surface area contributed by atoms with Crippen molar-refractivity contribution in [2.24, 2.45) is 0 Å². The van der Waals surface area contributed by atoms with E-state index < -0.39 is 11.6 Å². The summed E-state index contributed by atoms with van der Waals surface area (Å²) in [5, 5.41) is 2.82. The van der Waals surface area contributed by atoms with Gasteiger partial charge >= 0.3 is 0 Å². The Morgan fingerprint density at radius 3 is 2.60 bits per heavy atom. The third kappa shape index (κ3) is 2.21. The lowest BCUT2D eigenvalue weighted by atomic mass is 9.91. The first-order valence-corrected chi connectivity index (χ1v) is 7.01. The van der Waals surface area contributed by atoms with Gasteiger partial charge in [0.1, 0.15) is 23.1 Å². The number of carbonyl (C=O) groups excluding carboxylic acids is 2. The number of furan rings is 1. The van der Waals surface area contributed by atoms with Crippen molar-refractivity contribution in [1.29, 1.82) is 0 Å². The average molecular weight is 278 g/mol. The fourth-order valence-electron chi connectivity index (χ4n) is 2.58. The van der Waals surface area contributed by atoms with Crippen LogP contribution >= 0.6 is 0 Å². The van der Waals surface area contributed by atoms with Gasteiger partial charge in [-0.05, 0) is 46.2 Å². The lowest BCUT2D eigenvalue weighted by molar-refractivity contribution is -0.156. The van der Waals surface area contributed by atoms with Crippen molar-refractivity contribution >= 4 is 11.8 Å². The van der Waals surface area contributed by atoms with Gasteiger partial charge in [-0.15, -0.1) is 0 Å². The van der Waals surface area contributed by atoms with Crippen molar-refractivity contribution in [3.8, 4) is 0 Å². The molecule has 1 aliphatic heterocycles. The maximum Gasteiger partial charge on any atom is 0.249 e. The molecule has 0 aromatic carbocycles. The molecule has 20 heavy (non-hydrogen) atoms. The van der Waals surface area contributed by atoms with E-state index in [0.717, 1.165) is 5.76 Å². The van der Waals surface area contributed by atoms with E-state index in [1.807, 2.05) is 32.9 Å². The zero-order valence-corrected chi connectivity index (χ0v) is 12.7. The SMILES string of the molecule is CCC1(C)NC(=O)C(C)N(C(C)c2ccc(C)o2)C1=O. The molecule has 0 spiro atoms. The first-order valence-electron chi connectivity index (χ1n) is 7.01. The normalized spacial score (nSPS) is 28.4. The number of nitrogens with zero attached hydrogens (tertiary/aromatic N) is 1. The second kappa shape index (κ2) is 4.96. The average Bonchev–Trinajstić information content (AvgIpc) is 2.83. The van der Waals surface area contributed by atoms with Crippen LogP contribution in [-0.4, -0.2) is 28.3 Å². The molecule has 2 heterocycles. The van der Waals surface area contributed by atoms with Crippen molar-refractivity contribution in [1.82, 2.24) is 10.2 Å². The predicted molar refractivity (Wildman–Crippen MR) is 75.0 cm³/mol. The summed E-state index contributed by atoms with van der Waals surface area (Å²) >= 11 is 0. The molecular weight excluding hydrogens is 256 g/mol. The molecule has 1 fully saturated rings. The fourth-order valence-corrected chi connectivity index (χ4v) is 2.58. The summed E-state index contributed by atoms with van der Waals surface area (Å²) in [6.45, 7) is 9.16. The Labute approximate surface area is 119 Å². The summed E-state index contributed by atoms with van der Waals surface area (Å²) < 4.78 is 5.61. The molecule has 2 rings (SSSR count). The van der Waals surface area contributed by atoms with Crippen LogP contribution in [0, 0.1) is 6.92 Å². The summed E-state index contributed by atoms with van der Waals surface area (Å²) in [6.07, 6.45) is 0.560. The van der Waals surface area contributed by atoms with Gasteiger partial charge < -0.3 is 14.6 Å². The van der Waals surface area contributed by atoms with E-state index in [1.165, 1.54) is 0 Å². The van der Waals surface area contributed by atoms with E-state index in [4.69, 9.17) is 4.42 Å². The van der Waals surface area contributed by atoms with Crippen LogP contribution in [0.15, 0.2) is 16.5 Å². The Morgan fingerprint density at radius 1 is 1.45 bits per heavy atom. The lowest BCUT2D eigenvalue weighted by Crippen LogP contribution is -2.68. The fraction of sp³-hybridized carbons (Fsp3) is 0.600. The summed E-state index contributed by atoms with van der Waals surface area (Å²) in [7, 11) is 0. The van der Waals surface area contributed by atoms with E-state index in [1.54, 1.807) is 18.7 Å². The van der Waals surface area contributed by atoms with E-state index in [2.05, 4.69) is 5.32 Å². The Hall–Kier alpha value is -1.78. The van der Waals surface area contributed by atoms with Crippen LogP contribution in [0.4, 0.5) is 0 Å². The molecule has 110 valence electrons. The molecule has 2 amide bonds. The molecule has 1 aromatic rings. The first-order chi connectivity index (χ1) is 9.30. The van der Waals surface area contributed by atoms with Gasteiger partial charge in [-0.1, -0.05) is 6.92 Å². The van der Waals surface area contributed by atoms with Gasteiger partial charge in [0.25, 0.3) is 0 Å². The second-order valence-corrected chi connectivity index (χ2v) is 5.69. The van der Waals surface area contributed by atoms with Gasteiger partial charge in [-0.2, -0.15) is 0 Å².